The van der Waals surface area contributed by atoms with Crippen LogP contribution in [0.2, 0.25) is 0 Å². The van der Waals surface area contributed by atoms with Crippen molar-refractivity contribution in [3.8, 4) is 0 Å². The Morgan fingerprint density at radius 3 is 3.06 bits per heavy atom. The number of nitrogens with one attached hydrogen (secondary N) is 1. The number of benzene rings is 1. The molecule has 0 aliphatic carbocycles. The van der Waals surface area contributed by atoms with Gasteiger partial charge in [-0.25, -0.2) is 0 Å². The third-order valence-corrected chi connectivity index (χ3v) is 4.29. The van der Waals surface area contributed by atoms with Gasteiger partial charge in [-0.2, -0.15) is 16.1 Å². The van der Waals surface area contributed by atoms with Gasteiger partial charge >= 0.3 is 0 Å². The Balaban J connectivity index is 2.09. The van der Waals surface area contributed by atoms with Crippen LogP contribution in [-0.4, -0.2) is 21.9 Å². The predicted octanol–water partition coefficient (Wildman–Crippen LogP) is 3.85. The van der Waals surface area contributed by atoms with Gasteiger partial charge in [0.2, 0.25) is 0 Å². The molecule has 0 radical (unpaired) electrons. The fourth-order valence-electron chi connectivity index (χ4n) is 1.55. The molecule has 1 heterocycles. The third-order valence-electron chi connectivity index (χ3n) is 2.33. The Hall–Kier alpha value is -0.740. The Morgan fingerprint density at radius 2 is 2.25 bits per heavy atom. The fraction of sp³-hybridized carbons (Fsp3) is 0.417. The molecule has 2 rings (SSSR count). The van der Waals surface area contributed by atoms with E-state index in [2.05, 4.69) is 41.7 Å². The summed E-state index contributed by atoms with van der Waals surface area (Å²) in [5, 5.41) is 5.97. The summed E-state index contributed by atoms with van der Waals surface area (Å²) in [7, 11) is 0. The highest BCUT2D eigenvalue weighted by Crippen LogP contribution is 2.28. The minimum atomic E-state index is 0.494. The SMILES string of the molecule is CCSCC(C)Nc1snc2ccccc12. The molecule has 1 unspecified atom stereocenters. The maximum atomic E-state index is 4.42. The number of hydrogen-bond donors (Lipinski definition) is 1. The average molecular weight is 252 g/mol. The molecule has 2 nitrogen and oxygen atoms in total. The second-order valence-corrected chi connectivity index (χ2v) is 5.83. The summed E-state index contributed by atoms with van der Waals surface area (Å²) in [6, 6.07) is 8.77. The van der Waals surface area contributed by atoms with E-state index in [0.29, 0.717) is 6.04 Å². The van der Waals surface area contributed by atoms with E-state index in [-0.39, 0.29) is 0 Å². The van der Waals surface area contributed by atoms with Gasteiger partial charge in [-0.1, -0.05) is 19.1 Å². The van der Waals surface area contributed by atoms with Gasteiger partial charge in [-0.3, -0.25) is 0 Å². The molecule has 1 N–H and O–H groups in total. The monoisotopic (exact) mass is 252 g/mol. The van der Waals surface area contributed by atoms with Crippen LogP contribution < -0.4 is 5.32 Å². The van der Waals surface area contributed by atoms with Crippen molar-refractivity contribution in [2.24, 2.45) is 0 Å². The van der Waals surface area contributed by atoms with Crippen molar-refractivity contribution in [1.29, 1.82) is 0 Å². The first kappa shape index (κ1) is 11.7. The first-order valence-electron chi connectivity index (χ1n) is 5.50. The number of fused-ring (bicyclic) bond motifs is 1. The normalized spacial score (nSPS) is 12.9. The van der Waals surface area contributed by atoms with Gasteiger partial charge in [0.05, 0.1) is 5.52 Å². The maximum absolute atomic E-state index is 4.42. The van der Waals surface area contributed by atoms with Crippen LogP contribution in [0.3, 0.4) is 0 Å². The van der Waals surface area contributed by atoms with Crippen LogP contribution in [0, 0.1) is 0 Å². The molecule has 1 aromatic heterocycles. The van der Waals surface area contributed by atoms with Crippen LogP contribution in [0.25, 0.3) is 10.9 Å². The first-order chi connectivity index (χ1) is 7.81. The molecule has 4 heteroatoms. The molecule has 16 heavy (non-hydrogen) atoms. The molecule has 0 aliphatic heterocycles. The summed E-state index contributed by atoms with van der Waals surface area (Å²) < 4.78 is 4.42. The molecule has 0 fully saturated rings. The van der Waals surface area contributed by atoms with Gasteiger partial charge < -0.3 is 5.32 Å². The average Bonchev–Trinajstić information content (AvgIpc) is 2.70. The Morgan fingerprint density at radius 1 is 1.44 bits per heavy atom. The number of thioether (sulfide) groups is 1. The van der Waals surface area contributed by atoms with Crippen molar-refractivity contribution < 1.29 is 0 Å². The van der Waals surface area contributed by atoms with Gasteiger partial charge in [-0.05, 0) is 36.3 Å². The number of hydrogen-bond acceptors (Lipinski definition) is 4. The van der Waals surface area contributed by atoms with Gasteiger partial charge in [0.25, 0.3) is 0 Å². The number of nitrogens with zero attached hydrogens (tertiary/aromatic N) is 1. The van der Waals surface area contributed by atoms with E-state index >= 15 is 0 Å². The Bertz CT molecular complexity index is 453. The second kappa shape index (κ2) is 5.55. The summed E-state index contributed by atoms with van der Waals surface area (Å²) in [6.07, 6.45) is 0. The first-order valence-corrected chi connectivity index (χ1v) is 7.42. The molecule has 1 aromatic carbocycles. The van der Waals surface area contributed by atoms with Crippen molar-refractivity contribution in [3.05, 3.63) is 24.3 Å². The fourth-order valence-corrected chi connectivity index (χ4v) is 3.10. The van der Waals surface area contributed by atoms with Crippen LogP contribution in [-0.2, 0) is 0 Å². The quantitative estimate of drug-likeness (QED) is 0.875. The molecule has 0 saturated carbocycles. The highest BCUT2D eigenvalue weighted by molar-refractivity contribution is 7.99. The predicted molar refractivity (Wildman–Crippen MR) is 75.7 cm³/mol. The lowest BCUT2D eigenvalue weighted by Crippen LogP contribution is -2.17. The highest BCUT2D eigenvalue weighted by atomic mass is 32.2. The Labute approximate surface area is 105 Å². The van der Waals surface area contributed by atoms with Crippen molar-refractivity contribution in [1.82, 2.24) is 4.37 Å². The summed E-state index contributed by atoms with van der Waals surface area (Å²) >= 11 is 3.52. The summed E-state index contributed by atoms with van der Waals surface area (Å²) in [5.74, 6) is 2.32. The van der Waals surface area contributed by atoms with Crippen LogP contribution in [0.4, 0.5) is 5.00 Å². The van der Waals surface area contributed by atoms with Gasteiger partial charge in [-0.15, -0.1) is 0 Å². The molecule has 1 atom stereocenters. The van der Waals surface area contributed by atoms with Gasteiger partial charge in [0.1, 0.15) is 5.00 Å². The lowest BCUT2D eigenvalue weighted by molar-refractivity contribution is 0.920. The summed E-state index contributed by atoms with van der Waals surface area (Å²) in [6.45, 7) is 4.41. The third kappa shape index (κ3) is 2.68. The van der Waals surface area contributed by atoms with Gasteiger partial charge in [0, 0.05) is 17.2 Å². The number of anilines is 1. The molecule has 0 saturated heterocycles. The minimum Gasteiger partial charge on any atom is -0.372 e. The smallest absolute Gasteiger partial charge is 0.117 e. The van der Waals surface area contributed by atoms with E-state index in [9.17, 15) is 0 Å². The molecular formula is C12H16N2S2. The van der Waals surface area contributed by atoms with Crippen LogP contribution >= 0.6 is 23.3 Å². The van der Waals surface area contributed by atoms with Gasteiger partial charge in [0.15, 0.2) is 0 Å². The van der Waals surface area contributed by atoms with E-state index in [1.165, 1.54) is 16.1 Å². The van der Waals surface area contributed by atoms with E-state index in [1.807, 2.05) is 17.8 Å². The molecule has 0 amide bonds. The van der Waals surface area contributed by atoms with E-state index in [0.717, 1.165) is 11.3 Å². The highest BCUT2D eigenvalue weighted by Gasteiger charge is 2.07. The number of rotatable bonds is 5. The lowest BCUT2D eigenvalue weighted by Gasteiger charge is -2.12. The zero-order valence-electron chi connectivity index (χ0n) is 9.56. The van der Waals surface area contributed by atoms with Crippen molar-refractivity contribution in [2.45, 2.75) is 19.9 Å². The van der Waals surface area contributed by atoms with E-state index in [1.54, 1.807) is 11.5 Å². The minimum absolute atomic E-state index is 0.494. The zero-order chi connectivity index (χ0) is 11.4. The van der Waals surface area contributed by atoms with Crippen LogP contribution in [0.1, 0.15) is 13.8 Å². The summed E-state index contributed by atoms with van der Waals surface area (Å²) in [4.78, 5) is 0. The van der Waals surface area contributed by atoms with Crippen molar-refractivity contribution in [3.63, 3.8) is 0 Å². The molecule has 0 aliphatic rings. The topological polar surface area (TPSA) is 24.9 Å². The molecule has 0 bridgehead atoms. The Kier molecular flexibility index (Phi) is 4.07. The molecule has 0 spiro atoms. The molecule has 86 valence electrons. The standard InChI is InChI=1S/C12H16N2S2/c1-3-15-8-9(2)13-12-10-6-4-5-7-11(10)14-16-12/h4-7,9,13H,3,8H2,1-2H3. The molecule has 2 aromatic rings. The van der Waals surface area contributed by atoms with Crippen molar-refractivity contribution >= 4 is 39.2 Å². The van der Waals surface area contributed by atoms with Crippen LogP contribution in [0.5, 0.6) is 0 Å². The molecular weight excluding hydrogens is 236 g/mol. The maximum Gasteiger partial charge on any atom is 0.117 e. The zero-order valence-corrected chi connectivity index (χ0v) is 11.2. The van der Waals surface area contributed by atoms with Crippen LogP contribution in [0.15, 0.2) is 24.3 Å². The second-order valence-electron chi connectivity index (χ2n) is 3.73. The lowest BCUT2D eigenvalue weighted by atomic mass is 10.2. The summed E-state index contributed by atoms with van der Waals surface area (Å²) in [5.41, 5.74) is 1.09. The largest absolute Gasteiger partial charge is 0.372 e. The van der Waals surface area contributed by atoms with E-state index in [4.69, 9.17) is 0 Å². The number of aromatic nitrogens is 1. The van der Waals surface area contributed by atoms with E-state index < -0.39 is 0 Å². The van der Waals surface area contributed by atoms with Crippen molar-refractivity contribution in [2.75, 3.05) is 16.8 Å².